The third-order valence-corrected chi connectivity index (χ3v) is 5.18. The van der Waals surface area contributed by atoms with E-state index in [0.717, 1.165) is 24.4 Å². The topological polar surface area (TPSA) is 69.8 Å². The number of oxazole rings is 1. The van der Waals surface area contributed by atoms with Crippen LogP contribution in [0.25, 0.3) is 10.6 Å². The largest absolute Gasteiger partial charge is 0.442 e. The Kier molecular flexibility index (Phi) is 5.09. The summed E-state index contributed by atoms with van der Waals surface area (Å²) in [6.07, 6.45) is 2.24. The number of aliphatic hydroxyl groups excluding tert-OH is 1. The van der Waals surface area contributed by atoms with Gasteiger partial charge in [0.25, 0.3) is 5.91 Å². The first-order chi connectivity index (χ1) is 11.2. The van der Waals surface area contributed by atoms with Crippen molar-refractivity contribution < 1.29 is 14.3 Å². The summed E-state index contributed by atoms with van der Waals surface area (Å²) in [7, 11) is 0. The summed E-state index contributed by atoms with van der Waals surface area (Å²) in [5.74, 6) is 0.466. The summed E-state index contributed by atoms with van der Waals surface area (Å²) in [6, 6.07) is 4.03. The maximum absolute atomic E-state index is 12.7. The minimum atomic E-state index is -0.0844. The van der Waals surface area contributed by atoms with Crippen molar-refractivity contribution in [2.75, 3.05) is 32.8 Å². The molecule has 1 unspecified atom stereocenters. The average Bonchev–Trinajstić information content (AvgIpc) is 3.27. The minimum absolute atomic E-state index is 0.0844. The van der Waals surface area contributed by atoms with Crippen LogP contribution < -0.4 is 0 Å². The Morgan fingerprint density at radius 3 is 2.83 bits per heavy atom. The highest BCUT2D eigenvalue weighted by Gasteiger charge is 2.29. The van der Waals surface area contributed by atoms with E-state index in [-0.39, 0.29) is 18.6 Å². The SMILES string of the molecule is CCC(CO)N1CCN(C(=O)c2ncoc2-c2cccs2)CC1. The second-order valence-corrected chi connectivity index (χ2v) is 6.53. The zero-order valence-electron chi connectivity index (χ0n) is 13.1. The predicted octanol–water partition coefficient (Wildman–Crippen LogP) is 1.93. The number of carbonyl (C=O) groups is 1. The summed E-state index contributed by atoms with van der Waals surface area (Å²) < 4.78 is 5.42. The van der Waals surface area contributed by atoms with Crippen molar-refractivity contribution in [2.45, 2.75) is 19.4 Å². The summed E-state index contributed by atoms with van der Waals surface area (Å²) in [4.78, 5) is 21.8. The van der Waals surface area contributed by atoms with E-state index in [1.165, 1.54) is 17.7 Å². The van der Waals surface area contributed by atoms with Gasteiger partial charge in [-0.2, -0.15) is 0 Å². The molecule has 3 heterocycles. The molecule has 3 rings (SSSR count). The lowest BCUT2D eigenvalue weighted by molar-refractivity contribution is 0.0469. The first kappa shape index (κ1) is 16.2. The standard InChI is InChI=1S/C16H21N3O3S/c1-2-12(10-20)18-5-7-19(8-6-18)16(21)14-15(22-11-17-14)13-4-3-9-23-13/h3-4,9,11-12,20H,2,5-8,10H2,1H3. The number of hydrogen-bond acceptors (Lipinski definition) is 6. The average molecular weight is 335 g/mol. The van der Waals surface area contributed by atoms with Gasteiger partial charge in [0.2, 0.25) is 0 Å². The molecule has 0 aliphatic carbocycles. The Morgan fingerprint density at radius 2 is 2.22 bits per heavy atom. The number of hydrogen-bond donors (Lipinski definition) is 1. The smallest absolute Gasteiger partial charge is 0.276 e. The molecule has 0 saturated carbocycles. The Balaban J connectivity index is 1.68. The van der Waals surface area contributed by atoms with E-state index in [9.17, 15) is 9.90 Å². The zero-order valence-corrected chi connectivity index (χ0v) is 14.0. The van der Waals surface area contributed by atoms with Crippen molar-refractivity contribution in [2.24, 2.45) is 0 Å². The normalized spacial score (nSPS) is 17.4. The van der Waals surface area contributed by atoms with Crippen LogP contribution in [0.5, 0.6) is 0 Å². The van der Waals surface area contributed by atoms with Gasteiger partial charge in [-0.3, -0.25) is 9.69 Å². The van der Waals surface area contributed by atoms with Gasteiger partial charge >= 0.3 is 0 Å². The van der Waals surface area contributed by atoms with Crippen LogP contribution >= 0.6 is 11.3 Å². The molecule has 1 fully saturated rings. The monoisotopic (exact) mass is 335 g/mol. The van der Waals surface area contributed by atoms with E-state index >= 15 is 0 Å². The molecule has 6 nitrogen and oxygen atoms in total. The molecule has 0 radical (unpaired) electrons. The molecular weight excluding hydrogens is 314 g/mol. The number of aromatic nitrogens is 1. The van der Waals surface area contributed by atoms with E-state index in [1.54, 1.807) is 0 Å². The van der Waals surface area contributed by atoms with Gasteiger partial charge in [-0.05, 0) is 17.9 Å². The van der Waals surface area contributed by atoms with Crippen LogP contribution in [0.1, 0.15) is 23.8 Å². The van der Waals surface area contributed by atoms with Crippen molar-refractivity contribution in [1.29, 1.82) is 0 Å². The van der Waals surface area contributed by atoms with Gasteiger partial charge in [0.05, 0.1) is 11.5 Å². The Morgan fingerprint density at radius 1 is 1.43 bits per heavy atom. The van der Waals surface area contributed by atoms with E-state index in [0.29, 0.717) is 24.5 Å². The molecular formula is C16H21N3O3S. The predicted molar refractivity (Wildman–Crippen MR) is 88.5 cm³/mol. The summed E-state index contributed by atoms with van der Waals surface area (Å²) in [6.45, 7) is 5.07. The molecule has 23 heavy (non-hydrogen) atoms. The fraction of sp³-hybridized carbons (Fsp3) is 0.500. The Labute approximate surface area is 139 Å². The number of aliphatic hydroxyl groups is 1. The molecule has 0 spiro atoms. The number of rotatable bonds is 5. The van der Waals surface area contributed by atoms with Crippen LogP contribution in [0.2, 0.25) is 0 Å². The molecule has 1 saturated heterocycles. The molecule has 1 amide bonds. The lowest BCUT2D eigenvalue weighted by Crippen LogP contribution is -2.52. The zero-order chi connectivity index (χ0) is 16.2. The summed E-state index contributed by atoms with van der Waals surface area (Å²) in [5, 5.41) is 11.4. The van der Waals surface area contributed by atoms with Gasteiger partial charge in [0.1, 0.15) is 0 Å². The van der Waals surface area contributed by atoms with Crippen LogP contribution in [-0.4, -0.2) is 64.6 Å². The van der Waals surface area contributed by atoms with Gasteiger partial charge in [0, 0.05) is 32.2 Å². The number of amides is 1. The molecule has 1 aliphatic rings. The first-order valence-corrected chi connectivity index (χ1v) is 8.74. The highest BCUT2D eigenvalue weighted by atomic mass is 32.1. The van der Waals surface area contributed by atoms with Crippen LogP contribution in [-0.2, 0) is 0 Å². The first-order valence-electron chi connectivity index (χ1n) is 7.86. The third-order valence-electron chi connectivity index (χ3n) is 4.31. The van der Waals surface area contributed by atoms with Crippen molar-refractivity contribution in [1.82, 2.24) is 14.8 Å². The molecule has 7 heteroatoms. The quantitative estimate of drug-likeness (QED) is 0.904. The molecule has 0 bridgehead atoms. The van der Waals surface area contributed by atoms with E-state index < -0.39 is 0 Å². The Bertz CT molecular complexity index is 629. The number of carbonyl (C=O) groups excluding carboxylic acids is 1. The molecule has 0 aromatic carbocycles. The van der Waals surface area contributed by atoms with E-state index in [4.69, 9.17) is 4.42 Å². The second-order valence-electron chi connectivity index (χ2n) is 5.58. The highest BCUT2D eigenvalue weighted by molar-refractivity contribution is 7.13. The van der Waals surface area contributed by atoms with Crippen LogP contribution in [0.3, 0.4) is 0 Å². The van der Waals surface area contributed by atoms with Crippen molar-refractivity contribution in [3.8, 4) is 10.6 Å². The van der Waals surface area contributed by atoms with Crippen molar-refractivity contribution in [3.05, 3.63) is 29.6 Å². The van der Waals surface area contributed by atoms with Crippen molar-refractivity contribution >= 4 is 17.2 Å². The molecule has 2 aromatic rings. The maximum Gasteiger partial charge on any atom is 0.276 e. The highest BCUT2D eigenvalue weighted by Crippen LogP contribution is 2.28. The number of piperazine rings is 1. The molecule has 1 atom stereocenters. The van der Waals surface area contributed by atoms with E-state index in [2.05, 4.69) is 16.8 Å². The van der Waals surface area contributed by atoms with Gasteiger partial charge in [-0.25, -0.2) is 4.98 Å². The van der Waals surface area contributed by atoms with Gasteiger partial charge in [-0.15, -0.1) is 11.3 Å². The van der Waals surface area contributed by atoms with Gasteiger partial charge < -0.3 is 14.4 Å². The second kappa shape index (κ2) is 7.25. The lowest BCUT2D eigenvalue weighted by atomic mass is 10.1. The lowest BCUT2D eigenvalue weighted by Gasteiger charge is -2.38. The van der Waals surface area contributed by atoms with Crippen LogP contribution in [0.4, 0.5) is 0 Å². The van der Waals surface area contributed by atoms with Gasteiger partial charge in [-0.1, -0.05) is 13.0 Å². The van der Waals surface area contributed by atoms with E-state index in [1.807, 2.05) is 22.4 Å². The van der Waals surface area contributed by atoms with Gasteiger partial charge in [0.15, 0.2) is 17.8 Å². The molecule has 1 N–H and O–H groups in total. The van der Waals surface area contributed by atoms with Crippen LogP contribution in [0, 0.1) is 0 Å². The fourth-order valence-corrected chi connectivity index (χ4v) is 3.64. The minimum Gasteiger partial charge on any atom is -0.442 e. The number of thiophene rings is 1. The molecule has 124 valence electrons. The number of nitrogens with zero attached hydrogens (tertiary/aromatic N) is 3. The van der Waals surface area contributed by atoms with Crippen LogP contribution in [0.15, 0.2) is 28.3 Å². The molecule has 2 aromatic heterocycles. The summed E-state index contributed by atoms with van der Waals surface area (Å²) in [5.41, 5.74) is 0.384. The van der Waals surface area contributed by atoms with Crippen molar-refractivity contribution in [3.63, 3.8) is 0 Å². The molecule has 1 aliphatic heterocycles. The third kappa shape index (κ3) is 3.31. The summed E-state index contributed by atoms with van der Waals surface area (Å²) >= 11 is 1.53. The maximum atomic E-state index is 12.7. The fourth-order valence-electron chi connectivity index (χ4n) is 2.92. The Hall–Kier alpha value is -1.70.